The van der Waals surface area contributed by atoms with E-state index in [0.29, 0.717) is 11.9 Å². The molecule has 0 aromatic rings. The molecule has 0 saturated carbocycles. The molecule has 0 amide bonds. The molecule has 118 valence electrons. The Morgan fingerprint density at radius 2 is 2.15 bits per heavy atom. The first kappa shape index (κ1) is 17.4. The first-order valence-electron chi connectivity index (χ1n) is 8.14. The van der Waals surface area contributed by atoms with E-state index in [9.17, 15) is 0 Å². The fourth-order valence-electron chi connectivity index (χ4n) is 2.67. The summed E-state index contributed by atoms with van der Waals surface area (Å²) < 4.78 is 5.87. The molecule has 20 heavy (non-hydrogen) atoms. The van der Waals surface area contributed by atoms with Crippen molar-refractivity contribution in [1.82, 2.24) is 4.90 Å². The van der Waals surface area contributed by atoms with Crippen LogP contribution in [0.5, 0.6) is 0 Å². The summed E-state index contributed by atoms with van der Waals surface area (Å²) in [6.07, 6.45) is 7.36. The van der Waals surface area contributed by atoms with Gasteiger partial charge in [0.25, 0.3) is 0 Å². The number of likely N-dealkylation sites (tertiary alicyclic amines) is 1. The summed E-state index contributed by atoms with van der Waals surface area (Å²) >= 11 is 0. The first-order chi connectivity index (χ1) is 9.45. The van der Waals surface area contributed by atoms with E-state index in [1.165, 1.54) is 25.8 Å². The lowest BCUT2D eigenvalue weighted by Crippen LogP contribution is -2.40. The van der Waals surface area contributed by atoms with Crippen LogP contribution >= 0.6 is 0 Å². The molecule has 4 nitrogen and oxygen atoms in total. The van der Waals surface area contributed by atoms with Crippen molar-refractivity contribution in [1.29, 1.82) is 5.41 Å². The largest absolute Gasteiger partial charge is 0.387 e. The third-order valence-corrected chi connectivity index (χ3v) is 4.28. The number of nitrogens with zero attached hydrogens (tertiary/aromatic N) is 1. The first-order valence-corrected chi connectivity index (χ1v) is 8.14. The van der Waals surface area contributed by atoms with Crippen LogP contribution in [0.25, 0.3) is 0 Å². The zero-order valence-electron chi connectivity index (χ0n) is 13.6. The molecular formula is C16H33N3O. The van der Waals surface area contributed by atoms with Gasteiger partial charge in [0, 0.05) is 18.6 Å². The predicted molar refractivity (Wildman–Crippen MR) is 85.3 cm³/mol. The number of piperidine rings is 1. The molecule has 0 bridgehead atoms. The monoisotopic (exact) mass is 283 g/mol. The van der Waals surface area contributed by atoms with Crippen molar-refractivity contribution in [2.24, 2.45) is 11.1 Å². The van der Waals surface area contributed by atoms with Gasteiger partial charge in [-0.2, -0.15) is 0 Å². The topological polar surface area (TPSA) is 62.3 Å². The Bertz CT molecular complexity index is 291. The maximum absolute atomic E-state index is 7.57. The average Bonchev–Trinajstić information content (AvgIpc) is 2.41. The molecule has 4 heteroatoms. The zero-order valence-corrected chi connectivity index (χ0v) is 13.6. The molecule has 3 N–H and O–H groups in total. The Labute approximate surface area is 124 Å². The second-order valence-electron chi connectivity index (χ2n) is 6.69. The summed E-state index contributed by atoms with van der Waals surface area (Å²) in [5, 5.41) is 7.57. The van der Waals surface area contributed by atoms with Crippen LogP contribution in [-0.2, 0) is 4.74 Å². The van der Waals surface area contributed by atoms with Gasteiger partial charge in [0.05, 0.1) is 11.9 Å². The SMILES string of the molecule is CCCOC1CCCN(CCCCC(C)(C)C(=N)N)C1. The van der Waals surface area contributed by atoms with Crippen molar-refractivity contribution < 1.29 is 4.74 Å². The molecule has 0 aliphatic carbocycles. The minimum Gasteiger partial charge on any atom is -0.387 e. The smallest absolute Gasteiger partial charge is 0.0963 e. The molecule has 0 spiro atoms. The molecule has 1 fully saturated rings. The van der Waals surface area contributed by atoms with E-state index in [-0.39, 0.29) is 5.41 Å². The van der Waals surface area contributed by atoms with E-state index in [4.69, 9.17) is 15.9 Å². The van der Waals surface area contributed by atoms with Crippen molar-refractivity contribution in [2.75, 3.05) is 26.2 Å². The van der Waals surface area contributed by atoms with Gasteiger partial charge in [0.2, 0.25) is 0 Å². The third kappa shape index (κ3) is 6.23. The maximum Gasteiger partial charge on any atom is 0.0963 e. The molecule has 0 aromatic carbocycles. The fourth-order valence-corrected chi connectivity index (χ4v) is 2.67. The maximum atomic E-state index is 7.57. The lowest BCUT2D eigenvalue weighted by molar-refractivity contribution is -0.000440. The average molecular weight is 283 g/mol. The second-order valence-corrected chi connectivity index (χ2v) is 6.69. The number of nitrogens with two attached hydrogens (primary N) is 1. The van der Waals surface area contributed by atoms with Crippen LogP contribution in [0.1, 0.15) is 59.3 Å². The van der Waals surface area contributed by atoms with Gasteiger partial charge in [0.1, 0.15) is 0 Å². The Morgan fingerprint density at radius 3 is 2.80 bits per heavy atom. The highest BCUT2D eigenvalue weighted by Gasteiger charge is 2.22. The summed E-state index contributed by atoms with van der Waals surface area (Å²) in [6.45, 7) is 10.6. The van der Waals surface area contributed by atoms with Crippen LogP contribution in [0.3, 0.4) is 0 Å². The van der Waals surface area contributed by atoms with Crippen molar-refractivity contribution in [3.63, 3.8) is 0 Å². The van der Waals surface area contributed by atoms with Gasteiger partial charge < -0.3 is 15.4 Å². The molecule has 1 rings (SSSR count). The Morgan fingerprint density at radius 1 is 1.40 bits per heavy atom. The van der Waals surface area contributed by atoms with E-state index >= 15 is 0 Å². The second kappa shape index (κ2) is 8.63. The Kier molecular flexibility index (Phi) is 7.52. The van der Waals surface area contributed by atoms with Crippen LogP contribution in [0.15, 0.2) is 0 Å². The summed E-state index contributed by atoms with van der Waals surface area (Å²) in [6, 6.07) is 0. The molecule has 0 radical (unpaired) electrons. The van der Waals surface area contributed by atoms with E-state index in [1.807, 2.05) is 0 Å². The summed E-state index contributed by atoms with van der Waals surface area (Å²) in [5.74, 6) is 0.309. The molecule has 1 heterocycles. The van der Waals surface area contributed by atoms with Gasteiger partial charge in [-0.25, -0.2) is 0 Å². The summed E-state index contributed by atoms with van der Waals surface area (Å²) in [5.41, 5.74) is 5.47. The van der Waals surface area contributed by atoms with Crippen LogP contribution < -0.4 is 5.73 Å². The van der Waals surface area contributed by atoms with Gasteiger partial charge in [-0.05, 0) is 45.2 Å². The van der Waals surface area contributed by atoms with Gasteiger partial charge in [0.15, 0.2) is 0 Å². The number of rotatable bonds is 9. The van der Waals surface area contributed by atoms with E-state index < -0.39 is 0 Å². The Balaban J connectivity index is 2.17. The molecule has 1 aliphatic heterocycles. The lowest BCUT2D eigenvalue weighted by atomic mass is 9.86. The van der Waals surface area contributed by atoms with Crippen LogP contribution in [0, 0.1) is 10.8 Å². The van der Waals surface area contributed by atoms with Crippen molar-refractivity contribution in [3.05, 3.63) is 0 Å². The van der Waals surface area contributed by atoms with E-state index in [1.54, 1.807) is 0 Å². The summed E-state index contributed by atoms with van der Waals surface area (Å²) in [4.78, 5) is 2.53. The van der Waals surface area contributed by atoms with Gasteiger partial charge in [-0.15, -0.1) is 0 Å². The number of hydrogen-bond donors (Lipinski definition) is 2. The molecular weight excluding hydrogens is 250 g/mol. The van der Waals surface area contributed by atoms with E-state index in [0.717, 1.165) is 39.0 Å². The van der Waals surface area contributed by atoms with Crippen LogP contribution in [0.4, 0.5) is 0 Å². The number of amidine groups is 1. The molecule has 1 saturated heterocycles. The number of hydrogen-bond acceptors (Lipinski definition) is 3. The van der Waals surface area contributed by atoms with Gasteiger partial charge in [-0.1, -0.05) is 27.2 Å². The predicted octanol–water partition coefficient (Wildman–Crippen LogP) is 3.01. The highest BCUT2D eigenvalue weighted by atomic mass is 16.5. The van der Waals surface area contributed by atoms with Crippen LogP contribution in [-0.4, -0.2) is 43.1 Å². The zero-order chi connectivity index (χ0) is 15.0. The van der Waals surface area contributed by atoms with Gasteiger partial charge in [-0.3, -0.25) is 5.41 Å². The minimum atomic E-state index is -0.144. The quantitative estimate of drug-likeness (QED) is 0.388. The molecule has 1 atom stereocenters. The fraction of sp³-hybridized carbons (Fsp3) is 0.938. The van der Waals surface area contributed by atoms with Crippen molar-refractivity contribution in [3.8, 4) is 0 Å². The highest BCUT2D eigenvalue weighted by Crippen LogP contribution is 2.23. The normalized spacial score (nSPS) is 21.1. The third-order valence-electron chi connectivity index (χ3n) is 4.28. The lowest BCUT2D eigenvalue weighted by Gasteiger charge is -2.33. The summed E-state index contributed by atoms with van der Waals surface area (Å²) in [7, 11) is 0. The minimum absolute atomic E-state index is 0.144. The van der Waals surface area contributed by atoms with Crippen molar-refractivity contribution in [2.45, 2.75) is 65.4 Å². The highest BCUT2D eigenvalue weighted by molar-refractivity contribution is 5.82. The Hall–Kier alpha value is -0.610. The number of unbranched alkanes of at least 4 members (excludes halogenated alkanes) is 1. The number of ether oxygens (including phenoxy) is 1. The van der Waals surface area contributed by atoms with Crippen molar-refractivity contribution >= 4 is 5.84 Å². The van der Waals surface area contributed by atoms with Crippen LogP contribution in [0.2, 0.25) is 0 Å². The standard InChI is InChI=1S/C16H33N3O/c1-4-12-20-14-8-7-11-19(13-14)10-6-5-9-16(2,3)15(17)18/h14H,4-13H2,1-3H3,(H3,17,18). The molecule has 1 unspecified atom stereocenters. The van der Waals surface area contributed by atoms with Gasteiger partial charge >= 0.3 is 0 Å². The molecule has 1 aliphatic rings. The number of nitrogens with one attached hydrogen (secondary N) is 1. The molecule has 0 aromatic heterocycles. The van der Waals surface area contributed by atoms with E-state index in [2.05, 4.69) is 25.7 Å².